The highest BCUT2D eigenvalue weighted by atomic mass is 32.2. The van der Waals surface area contributed by atoms with E-state index >= 15 is 0 Å². The minimum absolute atomic E-state index is 0.0103. The van der Waals surface area contributed by atoms with Crippen LogP contribution < -0.4 is 4.72 Å². The van der Waals surface area contributed by atoms with Gasteiger partial charge in [-0.2, -0.15) is 0 Å². The molecule has 9 heteroatoms. The van der Waals surface area contributed by atoms with Gasteiger partial charge in [-0.3, -0.25) is 0 Å². The first-order valence-electron chi connectivity index (χ1n) is 5.47. The van der Waals surface area contributed by atoms with Crippen molar-refractivity contribution in [2.45, 2.75) is 18.7 Å². The Morgan fingerprint density at radius 3 is 2.70 bits per heavy atom. The van der Waals surface area contributed by atoms with E-state index in [1.165, 1.54) is 13.2 Å². The minimum atomic E-state index is -3.95. The van der Waals surface area contributed by atoms with Crippen molar-refractivity contribution in [1.82, 2.24) is 5.16 Å². The van der Waals surface area contributed by atoms with E-state index in [-0.39, 0.29) is 15.7 Å². The molecule has 1 N–H and O–H groups in total. The van der Waals surface area contributed by atoms with Gasteiger partial charge >= 0.3 is 5.97 Å². The molecule has 2 aromatic heterocycles. The molecular formula is C11H12N2O5S2. The number of ether oxygens (including phenoxy) is 1. The zero-order valence-corrected chi connectivity index (χ0v) is 12.6. The predicted octanol–water partition coefficient (Wildman–Crippen LogP) is 1.94. The fraction of sp³-hybridized carbons (Fsp3) is 0.273. The van der Waals surface area contributed by atoms with Crippen molar-refractivity contribution >= 4 is 33.2 Å². The Morgan fingerprint density at radius 2 is 2.15 bits per heavy atom. The maximum absolute atomic E-state index is 12.3. The number of anilines is 1. The molecule has 108 valence electrons. The molecule has 0 unspecified atom stereocenters. The number of sulfonamides is 1. The number of aryl methyl sites for hydroxylation is 2. The van der Waals surface area contributed by atoms with E-state index in [2.05, 4.69) is 14.6 Å². The first-order chi connectivity index (χ1) is 9.35. The van der Waals surface area contributed by atoms with Gasteiger partial charge < -0.3 is 9.26 Å². The summed E-state index contributed by atoms with van der Waals surface area (Å²) in [5, 5.41) is 5.16. The highest BCUT2D eigenvalue weighted by molar-refractivity contribution is 7.93. The Labute approximate surface area is 119 Å². The van der Waals surface area contributed by atoms with E-state index in [4.69, 9.17) is 4.52 Å². The lowest BCUT2D eigenvalue weighted by atomic mass is 10.3. The number of esters is 1. The molecule has 0 aliphatic carbocycles. The summed E-state index contributed by atoms with van der Waals surface area (Å²) in [6.45, 7) is 3.26. The Morgan fingerprint density at radius 1 is 1.45 bits per heavy atom. The molecule has 2 rings (SSSR count). The van der Waals surface area contributed by atoms with Crippen LogP contribution in [0.25, 0.3) is 0 Å². The van der Waals surface area contributed by atoms with Crippen LogP contribution in [-0.4, -0.2) is 26.7 Å². The first-order valence-corrected chi connectivity index (χ1v) is 7.84. The van der Waals surface area contributed by atoms with E-state index in [1.807, 2.05) is 0 Å². The van der Waals surface area contributed by atoms with Crippen molar-refractivity contribution in [2.75, 3.05) is 11.8 Å². The lowest BCUT2D eigenvalue weighted by Gasteiger charge is -2.06. The minimum Gasteiger partial charge on any atom is -0.465 e. The van der Waals surface area contributed by atoms with Crippen molar-refractivity contribution in [3.63, 3.8) is 0 Å². The molecular weight excluding hydrogens is 304 g/mol. The molecule has 0 aliphatic heterocycles. The number of rotatable bonds is 4. The third kappa shape index (κ3) is 2.68. The summed E-state index contributed by atoms with van der Waals surface area (Å²) in [6.07, 6.45) is 0. The Balaban J connectivity index is 2.44. The third-order valence-electron chi connectivity index (χ3n) is 2.42. The number of nitrogens with one attached hydrogen (secondary N) is 1. The summed E-state index contributed by atoms with van der Waals surface area (Å²) in [5.74, 6) is -0.707. The normalized spacial score (nSPS) is 11.3. The zero-order valence-electron chi connectivity index (χ0n) is 11.0. The van der Waals surface area contributed by atoms with Gasteiger partial charge in [-0.05, 0) is 24.8 Å². The summed E-state index contributed by atoms with van der Waals surface area (Å²) < 4.78 is 36.3. The number of nitrogens with zero attached hydrogens (tertiary/aromatic N) is 1. The van der Waals surface area contributed by atoms with E-state index in [0.29, 0.717) is 11.3 Å². The van der Waals surface area contributed by atoms with Gasteiger partial charge in [-0.25, -0.2) is 17.9 Å². The second-order valence-electron chi connectivity index (χ2n) is 4.01. The van der Waals surface area contributed by atoms with Gasteiger partial charge in [0.05, 0.1) is 12.8 Å². The molecule has 0 fully saturated rings. The molecule has 0 bridgehead atoms. The number of carbonyl (C=O) groups is 1. The van der Waals surface area contributed by atoms with Crippen molar-refractivity contribution in [2.24, 2.45) is 0 Å². The second-order valence-corrected chi connectivity index (χ2v) is 6.51. The monoisotopic (exact) mass is 316 g/mol. The Bertz CT molecular complexity index is 745. The summed E-state index contributed by atoms with van der Waals surface area (Å²) >= 11 is 1.01. The number of methoxy groups -OCH3 is 1. The lowest BCUT2D eigenvalue weighted by Crippen LogP contribution is -2.16. The number of carbonyl (C=O) groups excluding carboxylic acids is 1. The fourth-order valence-electron chi connectivity index (χ4n) is 1.60. The van der Waals surface area contributed by atoms with Gasteiger partial charge in [0, 0.05) is 6.07 Å². The maximum atomic E-state index is 12.3. The molecule has 0 radical (unpaired) electrons. The quantitative estimate of drug-likeness (QED) is 0.866. The smallest absolute Gasteiger partial charge is 0.349 e. The third-order valence-corrected chi connectivity index (χ3v) is 5.16. The highest BCUT2D eigenvalue weighted by Gasteiger charge is 2.28. The van der Waals surface area contributed by atoms with Gasteiger partial charge in [0.15, 0.2) is 0 Å². The van der Waals surface area contributed by atoms with Gasteiger partial charge in [-0.15, -0.1) is 11.3 Å². The molecule has 0 aromatic carbocycles. The molecule has 0 aliphatic rings. The van der Waals surface area contributed by atoms with E-state index in [1.54, 1.807) is 19.2 Å². The first kappa shape index (κ1) is 14.5. The summed E-state index contributed by atoms with van der Waals surface area (Å²) in [5.41, 5.74) is 0.997. The molecule has 2 aromatic rings. The Hall–Kier alpha value is -1.87. The SMILES string of the molecule is COC(=O)c1scc(C)c1S(=O)(=O)Nc1cc(C)no1. The van der Waals surface area contributed by atoms with Crippen LogP contribution >= 0.6 is 11.3 Å². The van der Waals surface area contributed by atoms with Gasteiger partial charge in [0.25, 0.3) is 10.0 Å². The molecule has 7 nitrogen and oxygen atoms in total. The fourth-order valence-corrected chi connectivity index (χ4v) is 4.28. The number of hydrogen-bond donors (Lipinski definition) is 1. The molecule has 20 heavy (non-hydrogen) atoms. The van der Waals surface area contributed by atoms with Crippen LogP contribution in [0.3, 0.4) is 0 Å². The number of aromatic nitrogens is 1. The molecule has 0 saturated carbocycles. The average molecular weight is 316 g/mol. The van der Waals surface area contributed by atoms with Crippen LogP contribution in [-0.2, 0) is 14.8 Å². The van der Waals surface area contributed by atoms with Crippen molar-refractivity contribution in [1.29, 1.82) is 0 Å². The largest absolute Gasteiger partial charge is 0.465 e. The number of hydrogen-bond acceptors (Lipinski definition) is 7. The zero-order chi connectivity index (χ0) is 14.9. The number of thiophene rings is 1. The van der Waals surface area contributed by atoms with Gasteiger partial charge in [0.1, 0.15) is 9.77 Å². The van der Waals surface area contributed by atoms with E-state index in [9.17, 15) is 13.2 Å². The Kier molecular flexibility index (Phi) is 3.82. The van der Waals surface area contributed by atoms with E-state index in [0.717, 1.165) is 11.3 Å². The molecule has 0 amide bonds. The van der Waals surface area contributed by atoms with Crippen LogP contribution in [0.4, 0.5) is 5.88 Å². The standard InChI is InChI=1S/C11H12N2O5S2/c1-6-5-19-9(11(14)17-3)10(6)20(15,16)13-8-4-7(2)12-18-8/h4-5,13H,1-3H3. The van der Waals surface area contributed by atoms with Crippen LogP contribution in [0.1, 0.15) is 20.9 Å². The van der Waals surface area contributed by atoms with Gasteiger partial charge in [0.2, 0.25) is 5.88 Å². The summed E-state index contributed by atoms with van der Waals surface area (Å²) in [7, 11) is -2.75. The topological polar surface area (TPSA) is 98.5 Å². The van der Waals surface area contributed by atoms with Crippen molar-refractivity contribution < 1.29 is 22.5 Å². The molecule has 2 heterocycles. The molecule has 0 atom stereocenters. The second kappa shape index (κ2) is 5.25. The van der Waals surface area contributed by atoms with Crippen LogP contribution in [0.15, 0.2) is 20.9 Å². The van der Waals surface area contributed by atoms with Crippen molar-refractivity contribution in [3.8, 4) is 0 Å². The molecule has 0 saturated heterocycles. The maximum Gasteiger partial charge on any atom is 0.349 e. The highest BCUT2D eigenvalue weighted by Crippen LogP contribution is 2.29. The van der Waals surface area contributed by atoms with Crippen LogP contribution in [0, 0.1) is 13.8 Å². The summed E-state index contributed by atoms with van der Waals surface area (Å²) in [6, 6.07) is 1.44. The average Bonchev–Trinajstić information content (AvgIpc) is 2.94. The van der Waals surface area contributed by atoms with Crippen LogP contribution in [0.5, 0.6) is 0 Å². The molecule has 0 spiro atoms. The van der Waals surface area contributed by atoms with E-state index < -0.39 is 16.0 Å². The van der Waals surface area contributed by atoms with Gasteiger partial charge in [-0.1, -0.05) is 5.16 Å². The van der Waals surface area contributed by atoms with Crippen LogP contribution in [0.2, 0.25) is 0 Å². The lowest BCUT2D eigenvalue weighted by molar-refractivity contribution is 0.0602. The predicted molar refractivity (Wildman–Crippen MR) is 72.4 cm³/mol. The summed E-state index contributed by atoms with van der Waals surface area (Å²) in [4.78, 5) is 11.5. The van der Waals surface area contributed by atoms with Crippen molar-refractivity contribution in [3.05, 3.63) is 27.6 Å².